The van der Waals surface area contributed by atoms with Crippen LogP contribution in [0.15, 0.2) is 67.3 Å². The van der Waals surface area contributed by atoms with Crippen LogP contribution in [0.25, 0.3) is 11.1 Å². The third-order valence-electron chi connectivity index (χ3n) is 6.56. The second-order valence-corrected chi connectivity index (χ2v) is 8.87. The predicted molar refractivity (Wildman–Crippen MR) is 131 cm³/mol. The highest BCUT2D eigenvalue weighted by Crippen LogP contribution is 2.27. The summed E-state index contributed by atoms with van der Waals surface area (Å²) < 4.78 is 6.67. The summed E-state index contributed by atoms with van der Waals surface area (Å²) in [7, 11) is 1.34. The number of likely N-dealkylation sites (tertiary alicyclic amines) is 1. The average molecular weight is 461 g/mol. The van der Waals surface area contributed by atoms with Crippen molar-refractivity contribution in [2.24, 2.45) is 5.92 Å². The summed E-state index contributed by atoms with van der Waals surface area (Å²) in [4.78, 5) is 31.7. The molecule has 3 aromatic rings. The van der Waals surface area contributed by atoms with E-state index in [0.717, 1.165) is 25.9 Å². The lowest BCUT2D eigenvalue weighted by Crippen LogP contribution is -2.49. The van der Waals surface area contributed by atoms with Crippen molar-refractivity contribution in [2.45, 2.75) is 38.9 Å². The molecule has 1 amide bonds. The first-order valence-electron chi connectivity index (χ1n) is 11.8. The molecule has 1 unspecified atom stereocenters. The highest BCUT2D eigenvalue weighted by Gasteiger charge is 2.30. The normalized spacial score (nSPS) is 17.2. The van der Waals surface area contributed by atoms with Gasteiger partial charge in [-0.25, -0.2) is 9.78 Å². The number of nitrogens with zero attached hydrogens (tertiary/aromatic N) is 3. The molecule has 34 heavy (non-hydrogen) atoms. The van der Waals surface area contributed by atoms with Gasteiger partial charge in [0.15, 0.2) is 0 Å². The van der Waals surface area contributed by atoms with E-state index in [4.69, 9.17) is 4.74 Å². The molecule has 1 fully saturated rings. The van der Waals surface area contributed by atoms with E-state index in [1.54, 1.807) is 23.3 Å². The fourth-order valence-corrected chi connectivity index (χ4v) is 4.66. The zero-order valence-corrected chi connectivity index (χ0v) is 19.8. The summed E-state index contributed by atoms with van der Waals surface area (Å²) in [6.07, 6.45) is 6.78. The van der Waals surface area contributed by atoms with Gasteiger partial charge in [0.1, 0.15) is 6.04 Å². The van der Waals surface area contributed by atoms with Crippen molar-refractivity contribution in [3.63, 3.8) is 0 Å². The van der Waals surface area contributed by atoms with E-state index in [-0.39, 0.29) is 11.8 Å². The molecule has 1 N–H and O–H groups in total. The smallest absolute Gasteiger partial charge is 0.330 e. The Labute approximate surface area is 200 Å². The van der Waals surface area contributed by atoms with Crippen molar-refractivity contribution >= 4 is 11.9 Å². The molecule has 0 radical (unpaired) electrons. The largest absolute Gasteiger partial charge is 0.467 e. The number of ether oxygens (including phenoxy) is 1. The molecule has 2 aromatic carbocycles. The van der Waals surface area contributed by atoms with Gasteiger partial charge in [0.05, 0.1) is 25.9 Å². The van der Waals surface area contributed by atoms with E-state index >= 15 is 0 Å². The second kappa shape index (κ2) is 11.1. The van der Waals surface area contributed by atoms with Crippen LogP contribution in [0.1, 0.15) is 24.0 Å². The quantitative estimate of drug-likeness (QED) is 0.521. The van der Waals surface area contributed by atoms with Gasteiger partial charge in [-0.15, -0.1) is 0 Å². The van der Waals surface area contributed by atoms with Gasteiger partial charge in [0, 0.05) is 25.5 Å². The van der Waals surface area contributed by atoms with Gasteiger partial charge < -0.3 is 14.6 Å². The Morgan fingerprint density at radius 1 is 1.18 bits per heavy atom. The van der Waals surface area contributed by atoms with E-state index in [9.17, 15) is 9.59 Å². The van der Waals surface area contributed by atoms with Gasteiger partial charge in [-0.1, -0.05) is 48.5 Å². The minimum Gasteiger partial charge on any atom is -0.467 e. The lowest BCUT2D eigenvalue weighted by atomic mass is 9.94. The highest BCUT2D eigenvalue weighted by atomic mass is 16.5. The number of nitrogens with one attached hydrogen (secondary N) is 1. The van der Waals surface area contributed by atoms with Crippen molar-refractivity contribution in [1.29, 1.82) is 0 Å². The van der Waals surface area contributed by atoms with Gasteiger partial charge in [0.25, 0.3) is 0 Å². The van der Waals surface area contributed by atoms with Crippen LogP contribution in [0, 0.1) is 12.8 Å². The highest BCUT2D eigenvalue weighted by molar-refractivity contribution is 5.85. The van der Waals surface area contributed by atoms with E-state index in [2.05, 4.69) is 64.6 Å². The molecule has 1 aliphatic rings. The molecule has 1 saturated heterocycles. The molecule has 7 nitrogen and oxygen atoms in total. The number of methoxy groups -OCH3 is 1. The van der Waals surface area contributed by atoms with Gasteiger partial charge in [-0.05, 0) is 48.6 Å². The van der Waals surface area contributed by atoms with Crippen molar-refractivity contribution < 1.29 is 14.3 Å². The molecule has 0 bridgehead atoms. The maximum absolute atomic E-state index is 13.1. The summed E-state index contributed by atoms with van der Waals surface area (Å²) in [5.41, 5.74) is 5.00. The van der Waals surface area contributed by atoms with Gasteiger partial charge in [-0.3, -0.25) is 9.69 Å². The van der Waals surface area contributed by atoms with Gasteiger partial charge in [0.2, 0.25) is 5.91 Å². The summed E-state index contributed by atoms with van der Waals surface area (Å²) in [6.45, 7) is 4.88. The number of benzene rings is 2. The van der Waals surface area contributed by atoms with Crippen LogP contribution >= 0.6 is 0 Å². The average Bonchev–Trinajstić information content (AvgIpc) is 3.38. The number of esters is 1. The van der Waals surface area contributed by atoms with Crippen LogP contribution in [0.3, 0.4) is 0 Å². The van der Waals surface area contributed by atoms with Crippen molar-refractivity contribution in [1.82, 2.24) is 19.8 Å². The molecular formula is C27H32N4O3. The molecule has 2 heterocycles. The Bertz CT molecular complexity index is 1100. The first kappa shape index (κ1) is 23.7. The van der Waals surface area contributed by atoms with E-state index < -0.39 is 12.0 Å². The summed E-state index contributed by atoms with van der Waals surface area (Å²) in [5, 5.41) is 2.91. The zero-order chi connectivity index (χ0) is 23.9. The number of imidazole rings is 1. The predicted octanol–water partition coefficient (Wildman–Crippen LogP) is 3.43. The van der Waals surface area contributed by atoms with Crippen LogP contribution in [0.2, 0.25) is 0 Å². The number of rotatable bonds is 8. The van der Waals surface area contributed by atoms with E-state index in [1.807, 2.05) is 6.07 Å². The molecular weight excluding hydrogens is 428 g/mol. The molecule has 4 rings (SSSR count). The first-order chi connectivity index (χ1) is 16.5. The molecule has 1 aromatic heterocycles. The molecule has 178 valence electrons. The molecule has 0 spiro atoms. The standard InChI is InChI=1S/C27H32N4O3/c1-20-22(10-6-12-24(20)21-8-4-3-5-9-21)16-30-14-7-11-23(17-30)26(32)29-25(27(33)34-2)18-31-15-13-28-19-31/h3-6,8-10,12-13,15,19,23,25H,7,11,14,16-18H2,1-2H3,(H,29,32)/t23?,25-/m1/s1. The molecule has 0 aliphatic carbocycles. The maximum atomic E-state index is 13.1. The SMILES string of the molecule is COC(=O)[C@@H](Cn1ccnc1)NC(=O)C1CCCN(Cc2cccc(-c3ccccc3)c2C)C1. The minimum atomic E-state index is -0.744. The number of carbonyl (C=O) groups is 2. The van der Waals surface area contributed by atoms with Crippen LogP contribution in [0.5, 0.6) is 0 Å². The fourth-order valence-electron chi connectivity index (χ4n) is 4.66. The zero-order valence-electron chi connectivity index (χ0n) is 19.8. The first-order valence-corrected chi connectivity index (χ1v) is 11.8. The summed E-state index contributed by atoms with van der Waals surface area (Å²) in [5.74, 6) is -0.723. The molecule has 7 heteroatoms. The Balaban J connectivity index is 1.41. The number of piperidine rings is 1. The number of hydrogen-bond acceptors (Lipinski definition) is 5. The van der Waals surface area contributed by atoms with Crippen LogP contribution in [-0.4, -0.2) is 52.6 Å². The molecule has 1 aliphatic heterocycles. The van der Waals surface area contributed by atoms with E-state index in [0.29, 0.717) is 13.1 Å². The Morgan fingerprint density at radius 3 is 2.74 bits per heavy atom. The minimum absolute atomic E-state index is 0.102. The van der Waals surface area contributed by atoms with Crippen molar-refractivity contribution in [3.8, 4) is 11.1 Å². The Kier molecular flexibility index (Phi) is 7.75. The second-order valence-electron chi connectivity index (χ2n) is 8.87. The molecule has 0 saturated carbocycles. The monoisotopic (exact) mass is 460 g/mol. The van der Waals surface area contributed by atoms with Crippen LogP contribution < -0.4 is 5.32 Å². The fraction of sp³-hybridized carbons (Fsp3) is 0.370. The number of amides is 1. The third-order valence-corrected chi connectivity index (χ3v) is 6.56. The summed E-state index contributed by atoms with van der Waals surface area (Å²) >= 11 is 0. The van der Waals surface area contributed by atoms with Crippen molar-refractivity contribution in [3.05, 3.63) is 78.4 Å². The lowest BCUT2D eigenvalue weighted by molar-refractivity contribution is -0.146. The lowest BCUT2D eigenvalue weighted by Gasteiger charge is -2.33. The van der Waals surface area contributed by atoms with Crippen LogP contribution in [0.4, 0.5) is 0 Å². The van der Waals surface area contributed by atoms with Gasteiger partial charge >= 0.3 is 5.97 Å². The summed E-state index contributed by atoms with van der Waals surface area (Å²) in [6, 6.07) is 16.1. The van der Waals surface area contributed by atoms with E-state index in [1.165, 1.54) is 29.4 Å². The van der Waals surface area contributed by atoms with Crippen LogP contribution in [-0.2, 0) is 27.4 Å². The topological polar surface area (TPSA) is 76.5 Å². The Hall–Kier alpha value is -3.45. The molecule has 2 atom stereocenters. The Morgan fingerprint density at radius 2 is 2.00 bits per heavy atom. The van der Waals surface area contributed by atoms with Gasteiger partial charge in [-0.2, -0.15) is 0 Å². The number of carbonyl (C=O) groups excluding carboxylic acids is 2. The third kappa shape index (κ3) is 5.72. The maximum Gasteiger partial charge on any atom is 0.330 e. The number of hydrogen-bond donors (Lipinski definition) is 1. The number of aromatic nitrogens is 2. The van der Waals surface area contributed by atoms with Crippen molar-refractivity contribution in [2.75, 3.05) is 20.2 Å².